The van der Waals surface area contributed by atoms with Crippen molar-refractivity contribution in [2.45, 2.75) is 12.8 Å². The van der Waals surface area contributed by atoms with Crippen molar-refractivity contribution in [3.63, 3.8) is 0 Å². The number of nitriles is 1. The summed E-state index contributed by atoms with van der Waals surface area (Å²) in [5, 5.41) is 9.29. The molecule has 0 unspecified atom stereocenters. The maximum Gasteiger partial charge on any atom is 0.148 e. The number of halogens is 1. The first-order chi connectivity index (χ1) is 6.83. The summed E-state index contributed by atoms with van der Waals surface area (Å²) in [7, 11) is 0. The van der Waals surface area contributed by atoms with Crippen LogP contribution in [0.3, 0.4) is 0 Å². The van der Waals surface area contributed by atoms with Crippen molar-refractivity contribution in [3.05, 3.63) is 22.8 Å². The first-order valence-electron chi connectivity index (χ1n) is 4.62. The Bertz CT molecular complexity index is 377. The van der Waals surface area contributed by atoms with Crippen molar-refractivity contribution in [2.24, 2.45) is 0 Å². The summed E-state index contributed by atoms with van der Waals surface area (Å²) in [6.45, 7) is 1.98. The summed E-state index contributed by atoms with van der Waals surface area (Å²) in [6, 6.07) is 3.70. The van der Waals surface area contributed by atoms with Crippen molar-refractivity contribution in [3.8, 4) is 6.07 Å². The van der Waals surface area contributed by atoms with E-state index in [0.717, 1.165) is 18.9 Å². The average Bonchev–Trinajstić information content (AvgIpc) is 2.71. The van der Waals surface area contributed by atoms with Crippen LogP contribution in [0.4, 0.5) is 5.82 Å². The van der Waals surface area contributed by atoms with Crippen LogP contribution in [0, 0.1) is 11.3 Å². The highest BCUT2D eigenvalue weighted by Crippen LogP contribution is 2.28. The van der Waals surface area contributed by atoms with E-state index in [4.69, 9.17) is 16.9 Å². The van der Waals surface area contributed by atoms with Crippen molar-refractivity contribution in [2.75, 3.05) is 18.0 Å². The molecule has 14 heavy (non-hydrogen) atoms. The predicted octanol–water partition coefficient (Wildman–Crippen LogP) is 2.21. The van der Waals surface area contributed by atoms with Gasteiger partial charge in [-0.1, -0.05) is 11.6 Å². The fourth-order valence-corrected chi connectivity index (χ4v) is 1.94. The van der Waals surface area contributed by atoms with Gasteiger partial charge in [0, 0.05) is 19.3 Å². The van der Waals surface area contributed by atoms with E-state index in [1.807, 2.05) is 0 Å². The molecule has 1 aliphatic heterocycles. The van der Waals surface area contributed by atoms with Crippen LogP contribution in [0.2, 0.25) is 5.02 Å². The summed E-state index contributed by atoms with van der Waals surface area (Å²) in [5.41, 5.74) is 0.503. The zero-order valence-electron chi connectivity index (χ0n) is 7.70. The SMILES string of the molecule is N#Cc1ccnc(N2CCCC2)c1Cl. The molecule has 0 N–H and O–H groups in total. The second kappa shape index (κ2) is 3.85. The van der Waals surface area contributed by atoms with Crippen molar-refractivity contribution in [1.29, 1.82) is 5.26 Å². The van der Waals surface area contributed by atoms with Gasteiger partial charge in [0.05, 0.1) is 5.56 Å². The van der Waals surface area contributed by atoms with Crippen molar-refractivity contribution < 1.29 is 0 Å². The van der Waals surface area contributed by atoms with E-state index in [1.165, 1.54) is 12.8 Å². The lowest BCUT2D eigenvalue weighted by Crippen LogP contribution is -2.19. The minimum absolute atomic E-state index is 0.483. The maximum absolute atomic E-state index is 8.80. The van der Waals surface area contributed by atoms with E-state index in [2.05, 4.69) is 16.0 Å². The molecule has 1 aromatic heterocycles. The Morgan fingerprint density at radius 2 is 2.14 bits per heavy atom. The third kappa shape index (κ3) is 1.53. The lowest BCUT2D eigenvalue weighted by Gasteiger charge is -2.17. The lowest BCUT2D eigenvalue weighted by molar-refractivity contribution is 0.937. The Labute approximate surface area is 87.9 Å². The topological polar surface area (TPSA) is 39.9 Å². The van der Waals surface area contributed by atoms with Gasteiger partial charge < -0.3 is 4.90 Å². The van der Waals surface area contributed by atoms with Gasteiger partial charge in [-0.2, -0.15) is 5.26 Å². The Balaban J connectivity index is 2.38. The van der Waals surface area contributed by atoms with Crippen LogP contribution in [0.15, 0.2) is 12.3 Å². The molecule has 0 aliphatic carbocycles. The number of anilines is 1. The first kappa shape index (κ1) is 9.29. The van der Waals surface area contributed by atoms with Crippen LogP contribution in [0.1, 0.15) is 18.4 Å². The summed E-state index contributed by atoms with van der Waals surface area (Å²) in [4.78, 5) is 6.34. The smallest absolute Gasteiger partial charge is 0.148 e. The van der Waals surface area contributed by atoms with Gasteiger partial charge in [0.15, 0.2) is 0 Å². The fraction of sp³-hybridized carbons (Fsp3) is 0.400. The van der Waals surface area contributed by atoms with E-state index in [9.17, 15) is 0 Å². The van der Waals surface area contributed by atoms with Gasteiger partial charge in [-0.15, -0.1) is 0 Å². The molecule has 1 aromatic rings. The average molecular weight is 208 g/mol. The molecule has 2 rings (SSSR count). The molecule has 1 saturated heterocycles. The quantitative estimate of drug-likeness (QED) is 0.709. The highest BCUT2D eigenvalue weighted by molar-refractivity contribution is 6.34. The molecule has 1 fully saturated rings. The van der Waals surface area contributed by atoms with Crippen LogP contribution in [0.25, 0.3) is 0 Å². The Morgan fingerprint density at radius 1 is 1.43 bits per heavy atom. The predicted molar refractivity (Wildman–Crippen MR) is 55.4 cm³/mol. The van der Waals surface area contributed by atoms with Gasteiger partial charge in [-0.05, 0) is 18.9 Å². The summed E-state index contributed by atoms with van der Waals surface area (Å²) in [5.74, 6) is 0.753. The van der Waals surface area contributed by atoms with Crippen LogP contribution in [-0.4, -0.2) is 18.1 Å². The zero-order valence-corrected chi connectivity index (χ0v) is 8.46. The minimum Gasteiger partial charge on any atom is -0.355 e. The van der Waals surface area contributed by atoms with E-state index in [-0.39, 0.29) is 0 Å². The molecule has 0 atom stereocenters. The van der Waals surface area contributed by atoms with E-state index < -0.39 is 0 Å². The molecule has 0 radical (unpaired) electrons. The summed E-state index contributed by atoms with van der Waals surface area (Å²) < 4.78 is 0. The summed E-state index contributed by atoms with van der Waals surface area (Å²) >= 11 is 6.06. The second-order valence-electron chi connectivity index (χ2n) is 3.30. The Kier molecular flexibility index (Phi) is 2.55. The Morgan fingerprint density at radius 3 is 2.79 bits per heavy atom. The van der Waals surface area contributed by atoms with Gasteiger partial charge in [0.25, 0.3) is 0 Å². The van der Waals surface area contributed by atoms with Crippen LogP contribution in [0.5, 0.6) is 0 Å². The number of rotatable bonds is 1. The molecule has 3 nitrogen and oxygen atoms in total. The van der Waals surface area contributed by atoms with E-state index >= 15 is 0 Å². The minimum atomic E-state index is 0.483. The van der Waals surface area contributed by atoms with Gasteiger partial charge in [0.2, 0.25) is 0 Å². The number of aromatic nitrogens is 1. The van der Waals surface area contributed by atoms with E-state index in [0.29, 0.717) is 10.6 Å². The first-order valence-corrected chi connectivity index (χ1v) is 5.00. The number of pyridine rings is 1. The molecule has 4 heteroatoms. The number of nitrogens with zero attached hydrogens (tertiary/aromatic N) is 3. The molecule has 0 amide bonds. The van der Waals surface area contributed by atoms with Gasteiger partial charge in [-0.25, -0.2) is 4.98 Å². The van der Waals surface area contributed by atoms with E-state index in [1.54, 1.807) is 12.3 Å². The Hall–Kier alpha value is -1.27. The highest BCUT2D eigenvalue weighted by atomic mass is 35.5. The zero-order chi connectivity index (χ0) is 9.97. The molecule has 72 valence electrons. The van der Waals surface area contributed by atoms with Gasteiger partial charge in [-0.3, -0.25) is 0 Å². The second-order valence-corrected chi connectivity index (χ2v) is 3.68. The van der Waals surface area contributed by atoms with Crippen LogP contribution in [-0.2, 0) is 0 Å². The highest BCUT2D eigenvalue weighted by Gasteiger charge is 2.17. The molecule has 0 bridgehead atoms. The maximum atomic E-state index is 8.80. The molecule has 0 aromatic carbocycles. The molecular formula is C10H10ClN3. The molecule has 0 spiro atoms. The molecular weight excluding hydrogens is 198 g/mol. The number of hydrogen-bond donors (Lipinski definition) is 0. The van der Waals surface area contributed by atoms with Crippen molar-refractivity contribution in [1.82, 2.24) is 4.98 Å². The standard InChI is InChI=1S/C10H10ClN3/c11-9-8(7-12)3-4-13-10(9)14-5-1-2-6-14/h3-4H,1-2,5-6H2. The van der Waals surface area contributed by atoms with Crippen molar-refractivity contribution >= 4 is 17.4 Å². The van der Waals surface area contributed by atoms with Gasteiger partial charge in [0.1, 0.15) is 16.9 Å². The lowest BCUT2D eigenvalue weighted by atomic mass is 10.3. The van der Waals surface area contributed by atoms with Crippen LogP contribution < -0.4 is 4.90 Å². The van der Waals surface area contributed by atoms with Crippen LogP contribution >= 0.6 is 11.6 Å². The van der Waals surface area contributed by atoms with Gasteiger partial charge >= 0.3 is 0 Å². The fourth-order valence-electron chi connectivity index (χ4n) is 1.67. The molecule has 0 saturated carbocycles. The number of hydrogen-bond acceptors (Lipinski definition) is 3. The molecule has 1 aliphatic rings. The summed E-state index contributed by atoms with van der Waals surface area (Å²) in [6.07, 6.45) is 3.99. The molecule has 2 heterocycles. The monoisotopic (exact) mass is 207 g/mol. The third-order valence-corrected chi connectivity index (χ3v) is 2.77. The third-order valence-electron chi connectivity index (χ3n) is 2.40. The normalized spacial score (nSPS) is 15.6. The largest absolute Gasteiger partial charge is 0.355 e.